The number of amides is 1. The predicted octanol–water partition coefficient (Wildman–Crippen LogP) is 4.45. The number of fused-ring (bicyclic) bond motifs is 1. The molecule has 118 valence electrons. The summed E-state index contributed by atoms with van der Waals surface area (Å²) in [4.78, 5) is 12.1. The van der Waals surface area contributed by atoms with Crippen molar-refractivity contribution in [1.29, 1.82) is 0 Å². The zero-order valence-electron chi connectivity index (χ0n) is 12.0. The second-order valence-corrected chi connectivity index (χ2v) is 6.48. The van der Waals surface area contributed by atoms with Crippen molar-refractivity contribution in [2.45, 2.75) is 0 Å². The summed E-state index contributed by atoms with van der Waals surface area (Å²) in [5.41, 5.74) is 0.412. The molecule has 3 aromatic rings. The van der Waals surface area contributed by atoms with Crippen LogP contribution in [-0.2, 0) is 0 Å². The molecular formula is C16H13Cl2N3OS. The summed E-state index contributed by atoms with van der Waals surface area (Å²) in [6.45, 7) is 1.04. The lowest BCUT2D eigenvalue weighted by molar-refractivity contribution is 0.0955. The summed E-state index contributed by atoms with van der Waals surface area (Å²) in [6.07, 6.45) is 0. The second-order valence-electron chi connectivity index (χ2n) is 4.83. The number of hydrogen-bond donors (Lipinski definition) is 2. The highest BCUT2D eigenvalue weighted by Crippen LogP contribution is 2.25. The van der Waals surface area contributed by atoms with Gasteiger partial charge in [-0.1, -0.05) is 35.3 Å². The minimum absolute atomic E-state index is 0.225. The van der Waals surface area contributed by atoms with Crippen molar-refractivity contribution in [2.75, 3.05) is 18.4 Å². The molecule has 4 nitrogen and oxygen atoms in total. The first kappa shape index (κ1) is 16.1. The van der Waals surface area contributed by atoms with E-state index in [1.165, 1.54) is 11.5 Å². The van der Waals surface area contributed by atoms with Crippen molar-refractivity contribution in [3.8, 4) is 0 Å². The average Bonchev–Trinajstić information content (AvgIpc) is 2.94. The number of halogens is 2. The lowest BCUT2D eigenvalue weighted by Crippen LogP contribution is -2.29. The molecule has 0 bridgehead atoms. The fraction of sp³-hybridized carbons (Fsp3) is 0.125. The third-order valence-corrected chi connectivity index (χ3v) is 4.63. The largest absolute Gasteiger partial charge is 0.367 e. The molecule has 0 unspecified atom stereocenters. The van der Waals surface area contributed by atoms with E-state index in [-0.39, 0.29) is 5.91 Å². The first-order valence-electron chi connectivity index (χ1n) is 6.96. The fourth-order valence-electron chi connectivity index (χ4n) is 2.14. The van der Waals surface area contributed by atoms with E-state index in [2.05, 4.69) is 15.0 Å². The van der Waals surface area contributed by atoms with Gasteiger partial charge in [0.15, 0.2) is 0 Å². The lowest BCUT2D eigenvalue weighted by atomic mass is 10.2. The van der Waals surface area contributed by atoms with Gasteiger partial charge in [0.1, 0.15) is 5.82 Å². The topological polar surface area (TPSA) is 54.0 Å². The van der Waals surface area contributed by atoms with Crippen LogP contribution in [0.3, 0.4) is 0 Å². The number of benzene rings is 2. The average molecular weight is 366 g/mol. The highest BCUT2D eigenvalue weighted by atomic mass is 35.5. The van der Waals surface area contributed by atoms with Gasteiger partial charge in [0.05, 0.1) is 15.3 Å². The number of nitrogens with zero attached hydrogens (tertiary/aromatic N) is 1. The predicted molar refractivity (Wildman–Crippen MR) is 96.9 cm³/mol. The van der Waals surface area contributed by atoms with Gasteiger partial charge in [0, 0.05) is 23.5 Å². The molecule has 2 aromatic carbocycles. The van der Waals surface area contributed by atoms with Crippen molar-refractivity contribution >= 4 is 56.5 Å². The van der Waals surface area contributed by atoms with Gasteiger partial charge in [-0.25, -0.2) is 0 Å². The SMILES string of the molecule is O=C(NCCNc1nsc2ccccc12)c1ccc(Cl)cc1Cl. The molecule has 1 heterocycles. The maximum Gasteiger partial charge on any atom is 0.252 e. The maximum absolute atomic E-state index is 12.1. The van der Waals surface area contributed by atoms with Crippen molar-refractivity contribution in [3.05, 3.63) is 58.1 Å². The van der Waals surface area contributed by atoms with Crippen LogP contribution >= 0.6 is 34.7 Å². The van der Waals surface area contributed by atoms with E-state index in [4.69, 9.17) is 23.2 Å². The fourth-order valence-corrected chi connectivity index (χ4v) is 3.39. The molecule has 0 atom stereocenters. The highest BCUT2D eigenvalue weighted by molar-refractivity contribution is 7.13. The Bertz CT molecular complexity index is 850. The van der Waals surface area contributed by atoms with Crippen LogP contribution < -0.4 is 10.6 Å². The van der Waals surface area contributed by atoms with Gasteiger partial charge in [-0.05, 0) is 41.9 Å². The summed E-state index contributed by atoms with van der Waals surface area (Å²) in [7, 11) is 0. The minimum atomic E-state index is -0.225. The van der Waals surface area contributed by atoms with Crippen LogP contribution in [-0.4, -0.2) is 23.4 Å². The van der Waals surface area contributed by atoms with Gasteiger partial charge in [-0.15, -0.1) is 0 Å². The van der Waals surface area contributed by atoms with Gasteiger partial charge < -0.3 is 10.6 Å². The van der Waals surface area contributed by atoms with Gasteiger partial charge in [-0.2, -0.15) is 4.37 Å². The second kappa shape index (κ2) is 7.17. The molecule has 0 fully saturated rings. The molecule has 23 heavy (non-hydrogen) atoms. The third-order valence-electron chi connectivity index (χ3n) is 3.26. The van der Waals surface area contributed by atoms with Crippen LogP contribution in [0.2, 0.25) is 10.0 Å². The summed E-state index contributed by atoms with van der Waals surface area (Å²) in [5.74, 6) is 0.612. The smallest absolute Gasteiger partial charge is 0.252 e. The number of hydrogen-bond acceptors (Lipinski definition) is 4. The van der Waals surface area contributed by atoms with Crippen molar-refractivity contribution in [3.63, 3.8) is 0 Å². The van der Waals surface area contributed by atoms with E-state index >= 15 is 0 Å². The van der Waals surface area contributed by atoms with Crippen LogP contribution in [0.5, 0.6) is 0 Å². The van der Waals surface area contributed by atoms with Crippen molar-refractivity contribution < 1.29 is 4.79 Å². The van der Waals surface area contributed by atoms with Crippen molar-refractivity contribution in [2.24, 2.45) is 0 Å². The normalized spacial score (nSPS) is 10.7. The molecule has 7 heteroatoms. The quantitative estimate of drug-likeness (QED) is 0.656. The van der Waals surface area contributed by atoms with Crippen LogP contribution in [0.15, 0.2) is 42.5 Å². The summed E-state index contributed by atoms with van der Waals surface area (Å²) in [6, 6.07) is 12.8. The Balaban J connectivity index is 1.54. The molecular weight excluding hydrogens is 353 g/mol. The van der Waals surface area contributed by atoms with E-state index in [9.17, 15) is 4.79 Å². The van der Waals surface area contributed by atoms with Crippen LogP contribution in [0.1, 0.15) is 10.4 Å². The molecule has 0 spiro atoms. The molecule has 0 aliphatic rings. The van der Waals surface area contributed by atoms with Crippen LogP contribution in [0, 0.1) is 0 Å². The van der Waals surface area contributed by atoms with Gasteiger partial charge in [0.25, 0.3) is 5.91 Å². The molecule has 0 aliphatic carbocycles. The van der Waals surface area contributed by atoms with E-state index in [0.29, 0.717) is 28.7 Å². The Morgan fingerprint density at radius 1 is 1.13 bits per heavy atom. The van der Waals surface area contributed by atoms with Gasteiger partial charge in [-0.3, -0.25) is 4.79 Å². The zero-order chi connectivity index (χ0) is 16.2. The first-order valence-corrected chi connectivity index (χ1v) is 8.49. The molecule has 1 aromatic heterocycles. The maximum atomic E-state index is 12.1. The molecule has 0 radical (unpaired) electrons. The monoisotopic (exact) mass is 365 g/mol. The van der Waals surface area contributed by atoms with E-state index in [1.807, 2.05) is 24.3 Å². The Hall–Kier alpha value is -1.82. The number of aromatic nitrogens is 1. The number of rotatable bonds is 5. The first-order chi connectivity index (χ1) is 11.1. The molecule has 3 rings (SSSR count). The molecule has 1 amide bonds. The Morgan fingerprint density at radius 3 is 2.78 bits per heavy atom. The Labute approximate surface area is 147 Å². The number of carbonyl (C=O) groups is 1. The van der Waals surface area contributed by atoms with Crippen LogP contribution in [0.4, 0.5) is 5.82 Å². The van der Waals surface area contributed by atoms with Gasteiger partial charge >= 0.3 is 0 Å². The van der Waals surface area contributed by atoms with Crippen LogP contribution in [0.25, 0.3) is 10.1 Å². The standard InChI is InChI=1S/C16H13Cl2N3OS/c17-10-5-6-11(13(18)9-10)16(22)20-8-7-19-15-12-3-1-2-4-14(12)23-21-15/h1-6,9H,7-8H2,(H,19,21)(H,20,22). The summed E-state index contributed by atoms with van der Waals surface area (Å²) < 4.78 is 5.51. The van der Waals surface area contributed by atoms with E-state index in [1.54, 1.807) is 18.2 Å². The zero-order valence-corrected chi connectivity index (χ0v) is 14.3. The van der Waals surface area contributed by atoms with Crippen molar-refractivity contribution in [1.82, 2.24) is 9.69 Å². The summed E-state index contributed by atoms with van der Waals surface area (Å²) in [5, 5.41) is 7.98. The lowest BCUT2D eigenvalue weighted by Gasteiger charge is -2.08. The number of nitrogens with one attached hydrogen (secondary N) is 2. The molecule has 0 saturated heterocycles. The molecule has 2 N–H and O–H groups in total. The Kier molecular flexibility index (Phi) is 5.00. The Morgan fingerprint density at radius 2 is 1.96 bits per heavy atom. The van der Waals surface area contributed by atoms with E-state index < -0.39 is 0 Å². The number of anilines is 1. The van der Waals surface area contributed by atoms with Gasteiger partial charge in [0.2, 0.25) is 0 Å². The molecule has 0 aliphatic heterocycles. The summed E-state index contributed by atoms with van der Waals surface area (Å²) >= 11 is 13.3. The number of carbonyl (C=O) groups excluding carboxylic acids is 1. The third kappa shape index (κ3) is 3.75. The minimum Gasteiger partial charge on any atom is -0.367 e. The highest BCUT2D eigenvalue weighted by Gasteiger charge is 2.10. The molecule has 0 saturated carbocycles. The van der Waals surface area contributed by atoms with E-state index in [0.717, 1.165) is 15.9 Å².